The molecule has 5 heteroatoms. The Morgan fingerprint density at radius 2 is 0.804 bits per heavy atom. The maximum Gasteiger partial charge on any atom is 0.306 e. The summed E-state index contributed by atoms with van der Waals surface area (Å²) in [5.41, 5.74) is 0. The fourth-order valence-electron chi connectivity index (χ4n) is 6.24. The standard InChI is InChI=1S/C41H78O5/c1-5-8-11-14-17-22-29-37(4)46-41(44)35-28-21-19-26-33-39(42)32-25-18-20-27-34-40(43)45-36-38(30-23-15-12-9-6-2)31-24-16-13-10-7-3/h37-38H,5-36H2,1-4H3. The number of Topliss-reactive ketones (excluding diaryl/α,β-unsaturated/α-hetero) is 1. The Kier molecular flexibility index (Phi) is 33.9. The second-order valence-corrected chi connectivity index (χ2v) is 14.2. The van der Waals surface area contributed by atoms with Crippen LogP contribution in [0.15, 0.2) is 0 Å². The highest BCUT2D eigenvalue weighted by Crippen LogP contribution is 2.20. The van der Waals surface area contributed by atoms with Crippen LogP contribution in [-0.4, -0.2) is 30.4 Å². The van der Waals surface area contributed by atoms with Gasteiger partial charge in [-0.2, -0.15) is 0 Å². The van der Waals surface area contributed by atoms with Crippen LogP contribution in [0.3, 0.4) is 0 Å². The van der Waals surface area contributed by atoms with E-state index in [1.54, 1.807) is 0 Å². The van der Waals surface area contributed by atoms with E-state index >= 15 is 0 Å². The maximum atomic E-state index is 12.4. The molecule has 272 valence electrons. The summed E-state index contributed by atoms with van der Waals surface area (Å²) in [6.45, 7) is 9.34. The van der Waals surface area contributed by atoms with Gasteiger partial charge >= 0.3 is 11.9 Å². The molecule has 0 fully saturated rings. The molecule has 5 nitrogen and oxygen atoms in total. The molecule has 0 saturated heterocycles. The molecule has 0 amide bonds. The average Bonchev–Trinajstić information content (AvgIpc) is 3.04. The minimum Gasteiger partial charge on any atom is -0.465 e. The second-order valence-electron chi connectivity index (χ2n) is 14.2. The summed E-state index contributed by atoms with van der Waals surface area (Å²) in [5.74, 6) is 0.739. The minimum absolute atomic E-state index is 0.0207. The first-order chi connectivity index (χ1) is 22.4. The van der Waals surface area contributed by atoms with E-state index in [0.717, 1.165) is 64.2 Å². The summed E-state index contributed by atoms with van der Waals surface area (Å²) in [6.07, 6.45) is 33.6. The lowest BCUT2D eigenvalue weighted by atomic mass is 9.95. The van der Waals surface area contributed by atoms with Gasteiger partial charge in [0.05, 0.1) is 12.7 Å². The quantitative estimate of drug-likeness (QED) is 0.0498. The van der Waals surface area contributed by atoms with Gasteiger partial charge in [0.2, 0.25) is 0 Å². The van der Waals surface area contributed by atoms with Crippen molar-refractivity contribution in [2.75, 3.05) is 6.61 Å². The first-order valence-corrected chi connectivity index (χ1v) is 20.3. The number of unbranched alkanes of at least 4 members (excludes halogenated alkanes) is 19. The zero-order valence-electron chi connectivity index (χ0n) is 31.3. The molecule has 0 aliphatic carbocycles. The average molecular weight is 651 g/mol. The Labute approximate surface area is 286 Å². The lowest BCUT2D eigenvalue weighted by Gasteiger charge is -2.17. The summed E-state index contributed by atoms with van der Waals surface area (Å²) in [5, 5.41) is 0. The third-order valence-corrected chi connectivity index (χ3v) is 9.38. The molecule has 0 rings (SSSR count). The van der Waals surface area contributed by atoms with Crippen LogP contribution >= 0.6 is 0 Å². The number of ketones is 1. The van der Waals surface area contributed by atoms with E-state index in [1.165, 1.54) is 109 Å². The van der Waals surface area contributed by atoms with Gasteiger partial charge in [-0.05, 0) is 64.2 Å². The predicted octanol–water partition coefficient (Wildman–Crippen LogP) is 12.8. The first-order valence-electron chi connectivity index (χ1n) is 20.3. The molecule has 0 aromatic carbocycles. The highest BCUT2D eigenvalue weighted by molar-refractivity contribution is 5.78. The minimum atomic E-state index is -0.0756. The van der Waals surface area contributed by atoms with Crippen molar-refractivity contribution >= 4 is 17.7 Å². The topological polar surface area (TPSA) is 69.7 Å². The lowest BCUT2D eigenvalue weighted by Crippen LogP contribution is -2.14. The second kappa shape index (κ2) is 34.9. The van der Waals surface area contributed by atoms with Gasteiger partial charge in [-0.3, -0.25) is 14.4 Å². The van der Waals surface area contributed by atoms with E-state index in [-0.39, 0.29) is 18.0 Å². The highest BCUT2D eigenvalue weighted by Gasteiger charge is 2.13. The monoisotopic (exact) mass is 651 g/mol. The molecule has 1 unspecified atom stereocenters. The van der Waals surface area contributed by atoms with Gasteiger partial charge < -0.3 is 9.47 Å². The largest absolute Gasteiger partial charge is 0.465 e. The van der Waals surface area contributed by atoms with Crippen molar-refractivity contribution in [1.82, 2.24) is 0 Å². The van der Waals surface area contributed by atoms with Gasteiger partial charge in [0.1, 0.15) is 5.78 Å². The summed E-state index contributed by atoms with van der Waals surface area (Å²) in [7, 11) is 0. The van der Waals surface area contributed by atoms with Crippen molar-refractivity contribution in [1.29, 1.82) is 0 Å². The SMILES string of the molecule is CCCCCCCCC(C)OC(=O)CCCCCCC(=O)CCCCCCC(=O)OCC(CCCCCCC)CCCCCCC. The van der Waals surface area contributed by atoms with Crippen molar-refractivity contribution in [3.8, 4) is 0 Å². The van der Waals surface area contributed by atoms with Crippen molar-refractivity contribution in [3.05, 3.63) is 0 Å². The van der Waals surface area contributed by atoms with E-state index in [4.69, 9.17) is 9.47 Å². The van der Waals surface area contributed by atoms with Crippen LogP contribution in [0.2, 0.25) is 0 Å². The van der Waals surface area contributed by atoms with E-state index in [1.807, 2.05) is 6.92 Å². The van der Waals surface area contributed by atoms with E-state index in [0.29, 0.717) is 44.0 Å². The number of carbonyl (C=O) groups is 3. The molecular weight excluding hydrogens is 572 g/mol. The van der Waals surface area contributed by atoms with Gasteiger partial charge in [-0.25, -0.2) is 0 Å². The number of carbonyl (C=O) groups excluding carboxylic acids is 3. The molecule has 0 aliphatic heterocycles. The van der Waals surface area contributed by atoms with Crippen LogP contribution in [0.1, 0.15) is 227 Å². The smallest absolute Gasteiger partial charge is 0.306 e. The van der Waals surface area contributed by atoms with Crippen LogP contribution in [0.4, 0.5) is 0 Å². The Morgan fingerprint density at radius 3 is 1.28 bits per heavy atom. The zero-order valence-corrected chi connectivity index (χ0v) is 31.3. The Bertz CT molecular complexity index is 676. The Balaban J connectivity index is 3.78. The third kappa shape index (κ3) is 32.5. The van der Waals surface area contributed by atoms with Gasteiger partial charge in [0, 0.05) is 25.7 Å². The Hall–Kier alpha value is -1.39. The molecule has 0 N–H and O–H groups in total. The van der Waals surface area contributed by atoms with E-state index in [2.05, 4.69) is 20.8 Å². The van der Waals surface area contributed by atoms with Crippen LogP contribution in [0.5, 0.6) is 0 Å². The number of hydrogen-bond donors (Lipinski definition) is 0. The molecule has 0 aromatic heterocycles. The number of hydrogen-bond acceptors (Lipinski definition) is 5. The van der Waals surface area contributed by atoms with Crippen LogP contribution in [-0.2, 0) is 23.9 Å². The summed E-state index contributed by atoms with van der Waals surface area (Å²) < 4.78 is 11.3. The van der Waals surface area contributed by atoms with Crippen LogP contribution < -0.4 is 0 Å². The molecular formula is C41H78O5. The van der Waals surface area contributed by atoms with Gasteiger partial charge in [0.15, 0.2) is 0 Å². The van der Waals surface area contributed by atoms with Gasteiger partial charge in [0.25, 0.3) is 0 Å². The van der Waals surface area contributed by atoms with E-state index in [9.17, 15) is 14.4 Å². The fraction of sp³-hybridized carbons (Fsp3) is 0.927. The molecule has 1 atom stereocenters. The number of esters is 2. The van der Waals surface area contributed by atoms with Crippen molar-refractivity contribution in [2.45, 2.75) is 233 Å². The number of rotatable bonds is 36. The highest BCUT2D eigenvalue weighted by atomic mass is 16.5. The molecule has 0 spiro atoms. The van der Waals surface area contributed by atoms with E-state index < -0.39 is 0 Å². The van der Waals surface area contributed by atoms with Crippen molar-refractivity contribution in [3.63, 3.8) is 0 Å². The molecule has 0 bridgehead atoms. The molecule has 46 heavy (non-hydrogen) atoms. The molecule has 0 aromatic rings. The number of ether oxygens (including phenoxy) is 2. The van der Waals surface area contributed by atoms with Gasteiger partial charge in [-0.15, -0.1) is 0 Å². The Morgan fingerprint density at radius 1 is 0.435 bits per heavy atom. The summed E-state index contributed by atoms with van der Waals surface area (Å²) in [6, 6.07) is 0. The molecule has 0 heterocycles. The van der Waals surface area contributed by atoms with Crippen LogP contribution in [0, 0.1) is 5.92 Å². The maximum absolute atomic E-state index is 12.4. The molecule has 0 saturated carbocycles. The first kappa shape index (κ1) is 44.6. The van der Waals surface area contributed by atoms with Crippen molar-refractivity contribution in [2.24, 2.45) is 5.92 Å². The predicted molar refractivity (Wildman–Crippen MR) is 195 cm³/mol. The van der Waals surface area contributed by atoms with Crippen LogP contribution in [0.25, 0.3) is 0 Å². The zero-order chi connectivity index (χ0) is 33.9. The third-order valence-electron chi connectivity index (χ3n) is 9.38. The van der Waals surface area contributed by atoms with Crippen molar-refractivity contribution < 1.29 is 23.9 Å². The van der Waals surface area contributed by atoms with Gasteiger partial charge in [-0.1, -0.05) is 143 Å². The fourth-order valence-corrected chi connectivity index (χ4v) is 6.24. The lowest BCUT2D eigenvalue weighted by molar-refractivity contribution is -0.149. The normalized spacial score (nSPS) is 12.0. The summed E-state index contributed by atoms with van der Waals surface area (Å²) >= 11 is 0. The summed E-state index contributed by atoms with van der Waals surface area (Å²) in [4.78, 5) is 36.7. The molecule has 0 radical (unpaired) electrons. The molecule has 0 aliphatic rings.